The van der Waals surface area contributed by atoms with Crippen LogP contribution >= 0.6 is 15.9 Å². The first kappa shape index (κ1) is 18.8. The van der Waals surface area contributed by atoms with E-state index < -0.39 is 11.2 Å². The third-order valence-corrected chi connectivity index (χ3v) is 5.53. The summed E-state index contributed by atoms with van der Waals surface area (Å²) in [5.74, 6) is -0.324. The van der Waals surface area contributed by atoms with Crippen molar-refractivity contribution in [2.24, 2.45) is 5.41 Å². The number of ether oxygens (including phenoxy) is 2. The van der Waals surface area contributed by atoms with Crippen LogP contribution in [0.1, 0.15) is 52.1 Å². The Hall–Kier alpha value is -0.980. The Morgan fingerprint density at radius 2 is 1.96 bits per heavy atom. The predicted octanol–water partition coefficient (Wildman–Crippen LogP) is 3.56. The van der Waals surface area contributed by atoms with Gasteiger partial charge in [0.25, 0.3) is 0 Å². The van der Waals surface area contributed by atoms with Gasteiger partial charge in [-0.15, -0.1) is 0 Å². The fourth-order valence-corrected chi connectivity index (χ4v) is 4.28. The lowest BCUT2D eigenvalue weighted by molar-refractivity contribution is -0.203. The number of pyridine rings is 1. The molecular formula is C19H27BrN2O3. The van der Waals surface area contributed by atoms with Crippen molar-refractivity contribution in [3.05, 3.63) is 28.5 Å². The molecular weight excluding hydrogens is 384 g/mol. The number of halogens is 1. The van der Waals surface area contributed by atoms with E-state index in [-0.39, 0.29) is 12.6 Å². The highest BCUT2D eigenvalue weighted by molar-refractivity contribution is 9.10. The molecule has 2 aliphatic rings. The number of carbonyl (C=O) groups is 1. The van der Waals surface area contributed by atoms with Crippen molar-refractivity contribution >= 4 is 21.9 Å². The number of esters is 1. The van der Waals surface area contributed by atoms with Gasteiger partial charge < -0.3 is 14.8 Å². The zero-order valence-electron chi connectivity index (χ0n) is 15.2. The lowest BCUT2D eigenvalue weighted by Crippen LogP contribution is -2.56. The molecule has 0 amide bonds. The second kappa shape index (κ2) is 6.97. The lowest BCUT2D eigenvalue weighted by atomic mass is 9.54. The van der Waals surface area contributed by atoms with Crippen molar-refractivity contribution in [1.82, 2.24) is 10.3 Å². The summed E-state index contributed by atoms with van der Waals surface area (Å²) < 4.78 is 12.5. The highest BCUT2D eigenvalue weighted by Crippen LogP contribution is 2.60. The van der Waals surface area contributed by atoms with Crippen LogP contribution in [0.3, 0.4) is 0 Å². The topological polar surface area (TPSA) is 60.5 Å². The van der Waals surface area contributed by atoms with Crippen LogP contribution in [-0.2, 0) is 19.9 Å². The number of carbonyl (C=O) groups excluding carboxylic acids is 1. The van der Waals surface area contributed by atoms with Gasteiger partial charge in [-0.05, 0) is 93.0 Å². The molecule has 1 saturated carbocycles. The summed E-state index contributed by atoms with van der Waals surface area (Å²) in [6, 6.07) is 3.97. The van der Waals surface area contributed by atoms with Crippen LogP contribution in [0, 0.1) is 5.41 Å². The van der Waals surface area contributed by atoms with Crippen LogP contribution in [0.4, 0.5) is 0 Å². The van der Waals surface area contributed by atoms with Crippen molar-refractivity contribution < 1.29 is 14.3 Å². The summed E-state index contributed by atoms with van der Waals surface area (Å²) in [5.41, 5.74) is 0.241. The van der Waals surface area contributed by atoms with Gasteiger partial charge in [-0.1, -0.05) is 0 Å². The average Bonchev–Trinajstić information content (AvgIpc) is 2.51. The summed E-state index contributed by atoms with van der Waals surface area (Å²) in [5, 5.41) is 3.42. The Kier molecular flexibility index (Phi) is 5.24. The Labute approximate surface area is 158 Å². The molecule has 1 aliphatic carbocycles. The first-order valence-electron chi connectivity index (χ1n) is 8.91. The molecule has 2 heterocycles. The minimum Gasteiger partial charge on any atom is -0.458 e. The van der Waals surface area contributed by atoms with Crippen molar-refractivity contribution in [3.63, 3.8) is 0 Å². The van der Waals surface area contributed by atoms with Crippen molar-refractivity contribution in [2.75, 3.05) is 19.7 Å². The molecule has 5 nitrogen and oxygen atoms in total. The third-order valence-electron chi connectivity index (χ3n) is 5.07. The van der Waals surface area contributed by atoms with Crippen LogP contribution in [0.2, 0.25) is 0 Å². The number of nitrogens with zero attached hydrogens (tertiary/aromatic N) is 1. The fourth-order valence-electron chi connectivity index (χ4n) is 4.04. The fraction of sp³-hybridized carbons (Fsp3) is 0.684. The second-order valence-electron chi connectivity index (χ2n) is 8.33. The maximum absolute atomic E-state index is 12.1. The minimum absolute atomic E-state index is 0.0383. The number of nitrogens with one attached hydrogen (secondary N) is 1. The second-order valence-corrected chi connectivity index (χ2v) is 9.25. The number of hydrogen-bond acceptors (Lipinski definition) is 5. The maximum Gasteiger partial charge on any atom is 0.332 e. The van der Waals surface area contributed by atoms with Gasteiger partial charge in [0.05, 0.1) is 5.69 Å². The molecule has 0 bridgehead atoms. The average molecular weight is 411 g/mol. The Bertz CT molecular complexity index is 611. The molecule has 1 N–H and O–H groups in total. The molecule has 1 aromatic rings. The molecule has 0 aromatic carbocycles. The van der Waals surface area contributed by atoms with Gasteiger partial charge >= 0.3 is 5.97 Å². The molecule has 1 spiro atoms. The first-order valence-corrected chi connectivity index (χ1v) is 9.70. The van der Waals surface area contributed by atoms with Crippen molar-refractivity contribution in [1.29, 1.82) is 0 Å². The number of piperidine rings is 1. The summed E-state index contributed by atoms with van der Waals surface area (Å²) in [4.78, 5) is 16.7. The molecule has 3 rings (SSSR count). The maximum atomic E-state index is 12.1. The summed E-state index contributed by atoms with van der Waals surface area (Å²) in [6.07, 6.45) is 5.93. The van der Waals surface area contributed by atoms with E-state index in [0.717, 1.165) is 48.9 Å². The smallest absolute Gasteiger partial charge is 0.332 e. The molecule has 0 unspecified atom stereocenters. The van der Waals surface area contributed by atoms with E-state index in [1.54, 1.807) is 6.20 Å². The van der Waals surface area contributed by atoms with Crippen molar-refractivity contribution in [3.8, 4) is 0 Å². The molecule has 2 fully saturated rings. The minimum atomic E-state index is -0.501. The molecule has 25 heavy (non-hydrogen) atoms. The van der Waals surface area contributed by atoms with Crippen molar-refractivity contribution in [2.45, 2.75) is 57.7 Å². The van der Waals surface area contributed by atoms with Gasteiger partial charge in [-0.3, -0.25) is 4.98 Å². The zero-order valence-corrected chi connectivity index (χ0v) is 16.8. The predicted molar refractivity (Wildman–Crippen MR) is 99.2 cm³/mol. The zero-order chi connectivity index (χ0) is 18.1. The van der Waals surface area contributed by atoms with Crippen LogP contribution in [0.5, 0.6) is 0 Å². The van der Waals surface area contributed by atoms with Gasteiger partial charge in [0, 0.05) is 10.7 Å². The van der Waals surface area contributed by atoms with Gasteiger partial charge in [0.2, 0.25) is 0 Å². The normalized spacial score (nSPS) is 21.6. The van der Waals surface area contributed by atoms with E-state index in [1.807, 2.05) is 32.9 Å². The van der Waals surface area contributed by atoms with E-state index in [1.165, 1.54) is 0 Å². The molecule has 1 aromatic heterocycles. The molecule has 6 heteroatoms. The van der Waals surface area contributed by atoms with E-state index in [0.29, 0.717) is 5.41 Å². The molecule has 0 atom stereocenters. The first-order chi connectivity index (χ1) is 11.7. The van der Waals surface area contributed by atoms with E-state index >= 15 is 0 Å². The van der Waals surface area contributed by atoms with Gasteiger partial charge in [0.1, 0.15) is 17.8 Å². The van der Waals surface area contributed by atoms with Crippen LogP contribution in [0.15, 0.2) is 22.8 Å². The monoisotopic (exact) mass is 410 g/mol. The summed E-state index contributed by atoms with van der Waals surface area (Å²) in [7, 11) is 0. The van der Waals surface area contributed by atoms with Crippen LogP contribution in [-0.4, -0.2) is 36.3 Å². The Morgan fingerprint density at radius 3 is 2.52 bits per heavy atom. The van der Waals surface area contributed by atoms with Gasteiger partial charge in [-0.25, -0.2) is 4.79 Å². The number of rotatable bonds is 4. The molecule has 0 radical (unpaired) electrons. The lowest BCUT2D eigenvalue weighted by Gasteiger charge is -2.57. The van der Waals surface area contributed by atoms with Gasteiger partial charge in [-0.2, -0.15) is 0 Å². The SMILES string of the molecule is CC(C)(C)OC(=O)COC1(c2ccc(Br)cn2)CC2(CCNCC2)C1. The summed E-state index contributed by atoms with van der Waals surface area (Å²) >= 11 is 3.43. The Balaban J connectivity index is 1.72. The quantitative estimate of drug-likeness (QED) is 0.768. The molecule has 1 saturated heterocycles. The Morgan fingerprint density at radius 1 is 1.28 bits per heavy atom. The van der Waals surface area contributed by atoms with E-state index in [4.69, 9.17) is 9.47 Å². The number of hydrogen-bond donors (Lipinski definition) is 1. The largest absolute Gasteiger partial charge is 0.458 e. The van der Waals surface area contributed by atoms with Gasteiger partial charge in [0.15, 0.2) is 0 Å². The highest BCUT2D eigenvalue weighted by Gasteiger charge is 2.57. The standard InChI is InChI=1S/C19H27BrN2O3/c1-17(2,3)25-16(23)11-24-19(15-5-4-14(20)10-22-15)12-18(13-19)6-8-21-9-7-18/h4-5,10,21H,6-9,11-13H2,1-3H3. The van der Waals surface area contributed by atoms with E-state index in [9.17, 15) is 4.79 Å². The van der Waals surface area contributed by atoms with E-state index in [2.05, 4.69) is 26.2 Å². The molecule has 138 valence electrons. The number of aromatic nitrogens is 1. The van der Waals surface area contributed by atoms with Crippen LogP contribution in [0.25, 0.3) is 0 Å². The highest BCUT2D eigenvalue weighted by atomic mass is 79.9. The third kappa shape index (κ3) is 4.41. The van der Waals surface area contributed by atoms with Crippen LogP contribution < -0.4 is 5.32 Å². The molecule has 1 aliphatic heterocycles. The summed E-state index contributed by atoms with van der Waals surface area (Å²) in [6.45, 7) is 7.66.